The molecule has 0 radical (unpaired) electrons. The van der Waals surface area contributed by atoms with Crippen molar-refractivity contribution < 1.29 is 0 Å². The molecule has 1 atom stereocenters. The summed E-state index contributed by atoms with van der Waals surface area (Å²) in [5, 5.41) is 2.02. The van der Waals surface area contributed by atoms with E-state index < -0.39 is 0 Å². The molecule has 72 valence electrons. The van der Waals surface area contributed by atoms with Gasteiger partial charge in [-0.2, -0.15) is 0 Å². The Morgan fingerprint density at radius 3 is 2.86 bits per heavy atom. The Morgan fingerprint density at radius 2 is 2.29 bits per heavy atom. The Balaban J connectivity index is 2.29. The molecule has 2 rings (SSSR count). The predicted molar refractivity (Wildman–Crippen MR) is 60.1 cm³/mol. The monoisotopic (exact) mass is 269 g/mol. The van der Waals surface area contributed by atoms with Crippen LogP contribution in [0.15, 0.2) is 33.8 Å². The molecule has 0 bridgehead atoms. The molecule has 0 aromatic carbocycles. The topological polar surface area (TPSA) is 51.8 Å². The lowest BCUT2D eigenvalue weighted by molar-refractivity contribution is 0.821. The molecule has 2 heterocycles. The molecule has 0 saturated carbocycles. The maximum absolute atomic E-state index is 6.01. The third-order valence-corrected chi connectivity index (χ3v) is 3.37. The molecule has 2 aromatic rings. The first-order chi connectivity index (χ1) is 6.77. The normalized spacial score (nSPS) is 12.7. The molecule has 14 heavy (non-hydrogen) atoms. The Hall–Kier alpha value is -0.780. The van der Waals surface area contributed by atoms with Gasteiger partial charge in [-0.05, 0) is 32.9 Å². The lowest BCUT2D eigenvalue weighted by Gasteiger charge is -2.07. The molecule has 0 aliphatic heterocycles. The molecule has 2 N–H and O–H groups in total. The third-order valence-electron chi connectivity index (χ3n) is 1.85. The van der Waals surface area contributed by atoms with E-state index in [1.807, 2.05) is 11.4 Å². The number of nitrogens with zero attached hydrogens (tertiary/aromatic N) is 2. The quantitative estimate of drug-likeness (QED) is 0.911. The molecular formula is C9H8BrN3S. The van der Waals surface area contributed by atoms with Crippen molar-refractivity contribution in [3.63, 3.8) is 0 Å². The Bertz CT molecular complexity index is 415. The van der Waals surface area contributed by atoms with E-state index in [0.29, 0.717) is 0 Å². The van der Waals surface area contributed by atoms with Gasteiger partial charge >= 0.3 is 0 Å². The second-order valence-corrected chi connectivity index (χ2v) is 5.08. The van der Waals surface area contributed by atoms with E-state index in [1.165, 1.54) is 0 Å². The van der Waals surface area contributed by atoms with E-state index in [4.69, 9.17) is 5.73 Å². The van der Waals surface area contributed by atoms with E-state index in [2.05, 4.69) is 25.9 Å². The summed E-state index contributed by atoms with van der Waals surface area (Å²) in [6.07, 6.45) is 4.98. The minimum Gasteiger partial charge on any atom is -0.319 e. The number of thiophene rings is 1. The van der Waals surface area contributed by atoms with Crippen LogP contribution in [0.3, 0.4) is 0 Å². The first-order valence-electron chi connectivity index (χ1n) is 4.03. The van der Waals surface area contributed by atoms with Crippen molar-refractivity contribution in [2.45, 2.75) is 6.04 Å². The number of nitrogens with two attached hydrogens (primary N) is 1. The summed E-state index contributed by atoms with van der Waals surface area (Å²) in [6, 6.07) is 1.82. The Kier molecular flexibility index (Phi) is 2.90. The van der Waals surface area contributed by atoms with Crippen LogP contribution in [0.2, 0.25) is 0 Å². The molecule has 0 spiro atoms. The van der Waals surface area contributed by atoms with Crippen LogP contribution in [-0.4, -0.2) is 9.97 Å². The smallest absolute Gasteiger partial charge is 0.0799 e. The summed E-state index contributed by atoms with van der Waals surface area (Å²) >= 11 is 5.02. The fourth-order valence-electron chi connectivity index (χ4n) is 1.13. The van der Waals surface area contributed by atoms with Crippen molar-refractivity contribution in [1.82, 2.24) is 9.97 Å². The van der Waals surface area contributed by atoms with Crippen LogP contribution >= 0.6 is 27.3 Å². The fraction of sp³-hybridized carbons (Fsp3) is 0.111. The summed E-state index contributed by atoms with van der Waals surface area (Å²) in [5.74, 6) is 0. The van der Waals surface area contributed by atoms with Gasteiger partial charge in [-0.15, -0.1) is 11.3 Å². The number of rotatable bonds is 2. The van der Waals surface area contributed by atoms with Gasteiger partial charge in [0.05, 0.1) is 21.7 Å². The molecular weight excluding hydrogens is 262 g/mol. The zero-order valence-corrected chi connectivity index (χ0v) is 9.62. The highest BCUT2D eigenvalue weighted by atomic mass is 79.9. The van der Waals surface area contributed by atoms with Gasteiger partial charge in [-0.25, -0.2) is 0 Å². The number of hydrogen-bond donors (Lipinski definition) is 1. The minimum atomic E-state index is -0.189. The molecule has 5 heteroatoms. The highest BCUT2D eigenvalue weighted by Crippen LogP contribution is 2.26. The van der Waals surface area contributed by atoms with E-state index in [9.17, 15) is 0 Å². The zero-order chi connectivity index (χ0) is 9.97. The van der Waals surface area contributed by atoms with Gasteiger partial charge < -0.3 is 5.73 Å². The largest absolute Gasteiger partial charge is 0.319 e. The molecule has 3 nitrogen and oxygen atoms in total. The van der Waals surface area contributed by atoms with Crippen molar-refractivity contribution in [3.05, 3.63) is 45.1 Å². The molecule has 0 aliphatic carbocycles. The van der Waals surface area contributed by atoms with Gasteiger partial charge in [0.2, 0.25) is 0 Å². The lowest BCUT2D eigenvalue weighted by atomic mass is 10.1. The van der Waals surface area contributed by atoms with Gasteiger partial charge in [0.25, 0.3) is 0 Å². The van der Waals surface area contributed by atoms with E-state index in [-0.39, 0.29) is 6.04 Å². The molecule has 0 aliphatic rings. The van der Waals surface area contributed by atoms with Crippen LogP contribution in [0.4, 0.5) is 0 Å². The van der Waals surface area contributed by atoms with E-state index in [1.54, 1.807) is 29.9 Å². The summed E-state index contributed by atoms with van der Waals surface area (Å²) in [5.41, 5.74) is 7.86. The fourth-order valence-corrected chi connectivity index (χ4v) is 2.34. The summed E-state index contributed by atoms with van der Waals surface area (Å²) in [4.78, 5) is 8.15. The maximum Gasteiger partial charge on any atom is 0.0799 e. The van der Waals surface area contributed by atoms with Crippen LogP contribution in [0.1, 0.15) is 17.3 Å². The summed E-state index contributed by atoms with van der Waals surface area (Å²) < 4.78 is 1.08. The van der Waals surface area contributed by atoms with Crippen molar-refractivity contribution in [3.8, 4) is 0 Å². The molecule has 0 amide bonds. The Morgan fingerprint density at radius 1 is 1.43 bits per heavy atom. The third kappa shape index (κ3) is 2.00. The van der Waals surface area contributed by atoms with Crippen LogP contribution in [0.25, 0.3) is 0 Å². The van der Waals surface area contributed by atoms with Crippen LogP contribution in [-0.2, 0) is 0 Å². The van der Waals surface area contributed by atoms with Crippen LogP contribution < -0.4 is 5.73 Å². The molecule has 0 saturated heterocycles. The molecule has 1 unspecified atom stereocenters. The minimum absolute atomic E-state index is 0.189. The predicted octanol–water partition coefficient (Wildman–Crippen LogP) is 2.35. The van der Waals surface area contributed by atoms with Gasteiger partial charge in [0, 0.05) is 12.4 Å². The average Bonchev–Trinajstić information content (AvgIpc) is 2.65. The lowest BCUT2D eigenvalue weighted by Crippen LogP contribution is -2.12. The van der Waals surface area contributed by atoms with Crippen LogP contribution in [0, 0.1) is 0 Å². The van der Waals surface area contributed by atoms with Crippen molar-refractivity contribution in [1.29, 1.82) is 0 Å². The second-order valence-electron chi connectivity index (χ2n) is 2.79. The first-order valence-corrected chi connectivity index (χ1v) is 5.70. The van der Waals surface area contributed by atoms with E-state index in [0.717, 1.165) is 15.0 Å². The number of aromatic nitrogens is 2. The zero-order valence-electron chi connectivity index (χ0n) is 7.22. The standard InChI is InChI=1S/C9H8BrN3S/c10-8-3-6(5-14-8)9(11)7-4-12-1-2-13-7/h1-5,9H,11H2. The second kappa shape index (κ2) is 4.16. The number of hydrogen-bond acceptors (Lipinski definition) is 4. The van der Waals surface area contributed by atoms with Crippen molar-refractivity contribution in [2.75, 3.05) is 0 Å². The number of halogens is 1. The molecule has 2 aromatic heterocycles. The SMILES string of the molecule is NC(c1csc(Br)c1)c1cnccn1. The van der Waals surface area contributed by atoms with Crippen molar-refractivity contribution in [2.24, 2.45) is 5.73 Å². The summed E-state index contributed by atoms with van der Waals surface area (Å²) in [6.45, 7) is 0. The van der Waals surface area contributed by atoms with Crippen LogP contribution in [0.5, 0.6) is 0 Å². The Labute approximate surface area is 94.1 Å². The van der Waals surface area contributed by atoms with Gasteiger partial charge in [0.15, 0.2) is 0 Å². The maximum atomic E-state index is 6.01. The van der Waals surface area contributed by atoms with Gasteiger partial charge in [-0.3, -0.25) is 9.97 Å². The summed E-state index contributed by atoms with van der Waals surface area (Å²) in [7, 11) is 0. The average molecular weight is 270 g/mol. The highest BCUT2D eigenvalue weighted by Gasteiger charge is 2.11. The van der Waals surface area contributed by atoms with Gasteiger partial charge in [0.1, 0.15) is 0 Å². The van der Waals surface area contributed by atoms with Crippen molar-refractivity contribution >= 4 is 27.3 Å². The first kappa shape index (κ1) is 9.76. The van der Waals surface area contributed by atoms with Gasteiger partial charge in [-0.1, -0.05) is 0 Å². The van der Waals surface area contributed by atoms with E-state index >= 15 is 0 Å². The molecule has 0 fully saturated rings. The highest BCUT2D eigenvalue weighted by molar-refractivity contribution is 9.11.